The predicted molar refractivity (Wildman–Crippen MR) is 97.7 cm³/mol. The summed E-state index contributed by atoms with van der Waals surface area (Å²) in [5, 5.41) is 13.7. The van der Waals surface area contributed by atoms with Crippen molar-refractivity contribution in [3.05, 3.63) is 39.2 Å². The molecule has 0 amide bonds. The molecule has 6 nitrogen and oxygen atoms in total. The summed E-state index contributed by atoms with van der Waals surface area (Å²) in [4.78, 5) is 16.9. The van der Waals surface area contributed by atoms with Crippen molar-refractivity contribution in [2.24, 2.45) is 11.0 Å². The van der Waals surface area contributed by atoms with Crippen LogP contribution in [0.15, 0.2) is 23.4 Å². The van der Waals surface area contributed by atoms with Gasteiger partial charge in [0.1, 0.15) is 5.15 Å². The fraction of sp³-hybridized carbons (Fsp3) is 0.571. The molecule has 23 heavy (non-hydrogen) atoms. The molecule has 0 saturated heterocycles. The largest absolute Gasteiger partial charge is 0.298 e. The number of nitrogens with zero attached hydrogens (tertiary/aromatic N) is 4. The summed E-state index contributed by atoms with van der Waals surface area (Å²) in [5.41, 5.74) is 1.13. The van der Waals surface area contributed by atoms with Crippen molar-refractivity contribution >= 4 is 39.5 Å². The maximum absolute atomic E-state index is 10.5. The number of halogens is 1. The summed E-state index contributed by atoms with van der Waals surface area (Å²) < 4.78 is 0.495. The molecule has 1 heterocycles. The lowest BCUT2D eigenvalue weighted by Crippen LogP contribution is -2.28. The molecule has 0 radical (unpaired) electrons. The van der Waals surface area contributed by atoms with Gasteiger partial charge in [0.2, 0.25) is 4.38 Å². The predicted octanol–water partition coefficient (Wildman–Crippen LogP) is 3.59. The van der Waals surface area contributed by atoms with Gasteiger partial charge in [-0.25, -0.2) is 15.1 Å². The fourth-order valence-electron chi connectivity index (χ4n) is 2.12. The average Bonchev–Trinajstić information content (AvgIpc) is 3.32. The highest BCUT2D eigenvalue weighted by molar-refractivity contribution is 8.38. The van der Waals surface area contributed by atoms with Gasteiger partial charge in [-0.3, -0.25) is 4.90 Å². The first-order valence-corrected chi connectivity index (χ1v) is 9.88. The molecule has 2 rings (SSSR count). The Bertz CT molecular complexity index is 552. The van der Waals surface area contributed by atoms with Crippen molar-refractivity contribution in [2.75, 3.05) is 25.1 Å². The lowest BCUT2D eigenvalue weighted by atomic mass is 10.2. The van der Waals surface area contributed by atoms with Crippen LogP contribution in [0.5, 0.6) is 0 Å². The third kappa shape index (κ3) is 7.52. The van der Waals surface area contributed by atoms with Crippen LogP contribution >= 0.6 is 35.1 Å². The van der Waals surface area contributed by atoms with Crippen molar-refractivity contribution in [1.82, 2.24) is 9.88 Å². The molecule has 9 heteroatoms. The van der Waals surface area contributed by atoms with Gasteiger partial charge in [-0.2, -0.15) is 0 Å². The van der Waals surface area contributed by atoms with Crippen LogP contribution in [0.3, 0.4) is 0 Å². The highest BCUT2D eigenvalue weighted by atomic mass is 35.5. The van der Waals surface area contributed by atoms with Crippen LogP contribution in [0.25, 0.3) is 0 Å². The number of rotatable bonds is 8. The van der Waals surface area contributed by atoms with Crippen LogP contribution < -0.4 is 0 Å². The van der Waals surface area contributed by atoms with Gasteiger partial charge >= 0.3 is 0 Å². The van der Waals surface area contributed by atoms with E-state index in [-0.39, 0.29) is 0 Å². The molecule has 0 spiro atoms. The molecule has 1 fully saturated rings. The maximum atomic E-state index is 10.5. The van der Waals surface area contributed by atoms with Gasteiger partial charge in [-0.05, 0) is 36.6 Å². The van der Waals surface area contributed by atoms with Crippen molar-refractivity contribution in [1.29, 1.82) is 0 Å². The molecule has 126 valence electrons. The van der Waals surface area contributed by atoms with E-state index in [1.165, 1.54) is 36.4 Å². The molecule has 0 aromatic carbocycles. The number of nitro groups is 1. The summed E-state index contributed by atoms with van der Waals surface area (Å²) in [6.45, 7) is 2.74. The minimum Gasteiger partial charge on any atom is -0.298 e. The van der Waals surface area contributed by atoms with Gasteiger partial charge in [0, 0.05) is 31.6 Å². The van der Waals surface area contributed by atoms with Gasteiger partial charge in [0.25, 0.3) is 0 Å². The van der Waals surface area contributed by atoms with E-state index in [1.54, 1.807) is 18.5 Å². The summed E-state index contributed by atoms with van der Waals surface area (Å²) in [5.74, 6) is 1.56. The zero-order chi connectivity index (χ0) is 16.7. The quantitative estimate of drug-likeness (QED) is 0.227. The van der Waals surface area contributed by atoms with E-state index >= 15 is 0 Å². The Hall–Kier alpha value is -0.830. The van der Waals surface area contributed by atoms with Crippen molar-refractivity contribution in [3.8, 4) is 0 Å². The highest BCUT2D eigenvalue weighted by Gasteiger charge is 2.24. The van der Waals surface area contributed by atoms with Gasteiger partial charge in [0.05, 0.1) is 5.10 Å². The Morgan fingerprint density at radius 1 is 1.57 bits per heavy atom. The van der Waals surface area contributed by atoms with Gasteiger partial charge in [0.15, 0.2) is 5.03 Å². The van der Waals surface area contributed by atoms with Gasteiger partial charge < -0.3 is 0 Å². The second kappa shape index (κ2) is 9.46. The molecule has 0 aliphatic heterocycles. The minimum atomic E-state index is -0.639. The highest BCUT2D eigenvalue weighted by Crippen LogP contribution is 2.30. The zero-order valence-electron chi connectivity index (χ0n) is 12.9. The van der Waals surface area contributed by atoms with Crippen LogP contribution in [0.1, 0.15) is 18.4 Å². The first-order valence-electron chi connectivity index (χ1n) is 7.29. The smallest absolute Gasteiger partial charge is 0.203 e. The fourth-order valence-corrected chi connectivity index (χ4v) is 3.75. The third-order valence-corrected chi connectivity index (χ3v) is 5.60. The van der Waals surface area contributed by atoms with Crippen molar-refractivity contribution in [3.63, 3.8) is 0 Å². The van der Waals surface area contributed by atoms with E-state index in [4.69, 9.17) is 11.6 Å². The maximum Gasteiger partial charge on any atom is 0.203 e. The zero-order valence-corrected chi connectivity index (χ0v) is 15.2. The second-order valence-corrected chi connectivity index (χ2v) is 7.85. The molecule has 0 unspecified atom stereocenters. The Morgan fingerprint density at radius 3 is 2.91 bits per heavy atom. The second-order valence-electron chi connectivity index (χ2n) is 5.32. The van der Waals surface area contributed by atoms with Gasteiger partial charge in [-0.15, -0.1) is 0 Å². The minimum absolute atomic E-state index is 0.495. The topological polar surface area (TPSA) is 71.6 Å². The molecule has 1 aromatic heterocycles. The van der Waals surface area contributed by atoms with E-state index in [0.717, 1.165) is 36.9 Å². The molecule has 1 aliphatic rings. The Kier molecular flexibility index (Phi) is 7.61. The average molecular weight is 375 g/mol. The standard InChI is InChI=1S/C14H19ClN4O2S2/c1-22-14(17-19(20)21)23-7-6-18(9-11-2-3-11)10-12-4-5-13(15)16-8-12/h4-5,8,11H,2-3,6-7,9-10H2,1H3/b17-14+. The number of hydrazone groups is 1. The van der Waals surface area contributed by atoms with Gasteiger partial charge in [-0.1, -0.05) is 41.2 Å². The molecule has 1 saturated carbocycles. The molecule has 0 N–H and O–H groups in total. The number of thioether (sulfide) groups is 2. The summed E-state index contributed by atoms with van der Waals surface area (Å²) >= 11 is 8.56. The van der Waals surface area contributed by atoms with Crippen molar-refractivity contribution < 1.29 is 5.03 Å². The number of hydrogen-bond donors (Lipinski definition) is 0. The number of aromatic nitrogens is 1. The van der Waals surface area contributed by atoms with Crippen LogP contribution in [0.2, 0.25) is 5.15 Å². The first-order chi connectivity index (χ1) is 11.1. The molecular formula is C14H19ClN4O2S2. The molecule has 0 bridgehead atoms. The SMILES string of the molecule is CS/C(=N\[N+](=O)[O-])SCCN(Cc1ccc(Cl)nc1)CC1CC1. The van der Waals surface area contributed by atoms with Crippen LogP contribution in [0.4, 0.5) is 0 Å². The molecule has 1 aromatic rings. The van der Waals surface area contributed by atoms with E-state index in [9.17, 15) is 10.1 Å². The normalized spacial score (nSPS) is 15.2. The molecule has 0 atom stereocenters. The van der Waals surface area contributed by atoms with E-state index in [1.807, 2.05) is 6.07 Å². The summed E-state index contributed by atoms with van der Waals surface area (Å²) in [6.07, 6.45) is 6.19. The van der Waals surface area contributed by atoms with Crippen LogP contribution in [-0.4, -0.2) is 44.4 Å². The molecule has 1 aliphatic carbocycles. The lowest BCUT2D eigenvalue weighted by molar-refractivity contribution is -0.484. The first kappa shape index (κ1) is 18.5. The number of pyridine rings is 1. The number of hydrogen-bond acceptors (Lipinski definition) is 6. The van der Waals surface area contributed by atoms with E-state index in [0.29, 0.717) is 9.53 Å². The van der Waals surface area contributed by atoms with E-state index in [2.05, 4.69) is 15.0 Å². The Labute approximate surface area is 149 Å². The molecular weight excluding hydrogens is 356 g/mol. The van der Waals surface area contributed by atoms with Crippen molar-refractivity contribution in [2.45, 2.75) is 19.4 Å². The summed E-state index contributed by atoms with van der Waals surface area (Å²) in [7, 11) is 0. The summed E-state index contributed by atoms with van der Waals surface area (Å²) in [6, 6.07) is 3.79. The Balaban J connectivity index is 1.85. The third-order valence-electron chi connectivity index (χ3n) is 3.38. The Morgan fingerprint density at radius 2 is 2.35 bits per heavy atom. The lowest BCUT2D eigenvalue weighted by Gasteiger charge is -2.21. The van der Waals surface area contributed by atoms with Crippen LogP contribution in [-0.2, 0) is 6.54 Å². The van der Waals surface area contributed by atoms with Crippen LogP contribution in [0, 0.1) is 16.0 Å². The van der Waals surface area contributed by atoms with E-state index < -0.39 is 5.03 Å². The monoisotopic (exact) mass is 374 g/mol.